The fraction of sp³-hybridized carbons (Fsp3) is 0.0270. The van der Waals surface area contributed by atoms with Crippen LogP contribution in [0, 0.1) is 0 Å². The number of hydrogen-bond donors (Lipinski definition) is 0. The minimum Gasteiger partial charge on any atom is -1.00 e. The van der Waals surface area contributed by atoms with Gasteiger partial charge in [0, 0.05) is 31.9 Å². The Hall–Kier alpha value is -2.38. The molecule has 0 amide bonds. The highest BCUT2D eigenvalue weighted by atomic mass is 79.9. The normalized spacial score (nSPS) is 11.9. The minimum atomic E-state index is -2.49. The van der Waals surface area contributed by atoms with E-state index in [1.807, 2.05) is 0 Å². The lowest BCUT2D eigenvalue weighted by Gasteiger charge is -2.44. The zero-order valence-corrected chi connectivity index (χ0v) is 29.4. The van der Waals surface area contributed by atoms with E-state index in [0.717, 1.165) is 0 Å². The Labute approximate surface area is 277 Å². The smallest absolute Gasteiger partial charge is 0.307 e. The molecule has 42 heavy (non-hydrogen) atoms. The number of hydrogen-bond acceptors (Lipinski definition) is 0. The van der Waals surface area contributed by atoms with Crippen LogP contribution >= 0.6 is 46.4 Å². The monoisotopic (exact) mass is 773 g/mol. The molecular weight excluding hydrogens is 746 g/mol. The number of rotatable bonds is 8. The molecule has 0 aromatic heterocycles. The number of alkyl halides is 2. The molecule has 6 aromatic rings. The van der Waals surface area contributed by atoms with Crippen molar-refractivity contribution in [1.82, 2.24) is 0 Å². The van der Waals surface area contributed by atoms with Crippen LogP contribution < -0.4 is 48.8 Å². The van der Waals surface area contributed by atoms with Gasteiger partial charge in [0.2, 0.25) is 0 Å². The Morgan fingerprint density at radius 3 is 0.571 bits per heavy atom. The highest BCUT2D eigenvalue weighted by Crippen LogP contribution is 2.88. The van der Waals surface area contributed by atoms with Gasteiger partial charge in [-0.2, -0.15) is 0 Å². The Morgan fingerprint density at radius 2 is 0.429 bits per heavy atom. The van der Waals surface area contributed by atoms with Crippen molar-refractivity contribution in [3.8, 4) is 0 Å². The first kappa shape index (κ1) is 31.1. The summed E-state index contributed by atoms with van der Waals surface area (Å²) >= 11 is 9.33. The Kier molecular flexibility index (Phi) is 9.99. The average molecular weight is 776 g/mol. The predicted molar refractivity (Wildman–Crippen MR) is 191 cm³/mol. The Bertz CT molecular complexity index is 1360. The summed E-state index contributed by atoms with van der Waals surface area (Å²) < 4.78 is -0.603. The van der Waals surface area contributed by atoms with Gasteiger partial charge in [-0.3, -0.25) is 0 Å². The average Bonchev–Trinajstić information content (AvgIpc) is 3.05. The second-order valence-electron chi connectivity index (χ2n) is 9.86. The summed E-state index contributed by atoms with van der Waals surface area (Å²) in [4.78, 5) is 0. The van der Waals surface area contributed by atoms with E-state index >= 15 is 0 Å². The van der Waals surface area contributed by atoms with Gasteiger partial charge in [-0.25, -0.2) is 0 Å². The van der Waals surface area contributed by atoms with Crippen LogP contribution in [0.4, 0.5) is 0 Å². The van der Waals surface area contributed by atoms with Crippen molar-refractivity contribution in [1.29, 1.82) is 0 Å². The van der Waals surface area contributed by atoms with Gasteiger partial charge >= 0.3 is 2.72 Å². The Balaban J connectivity index is 0.00000353. The standard InChI is InChI=1S/C37H30Br2P2.BrH/c38-37(39,40(31-19-7-1-8-20-31,32-21-9-2-10-22-32)33-23-11-3-12-24-33)41(34-25-13-4-14-26-34,35-27-15-5-16-28-35)36-29-17-6-18-30-36;/h1-30H;1H/q+2;/p-1. The van der Waals surface area contributed by atoms with Crippen LogP contribution in [0.3, 0.4) is 0 Å². The third-order valence-electron chi connectivity index (χ3n) is 7.67. The van der Waals surface area contributed by atoms with Crippen molar-refractivity contribution in [3.05, 3.63) is 182 Å². The number of benzene rings is 6. The SMILES string of the molecule is BrC(Br)([P+](c1ccccc1)(c1ccccc1)c1ccccc1)[P+](c1ccccc1)(c1ccccc1)c1ccccc1.[Br-]. The molecule has 0 saturated heterocycles. The lowest BCUT2D eigenvalue weighted by Crippen LogP contribution is -3.00. The third kappa shape index (κ3) is 5.08. The van der Waals surface area contributed by atoms with Gasteiger partial charge < -0.3 is 17.0 Å². The van der Waals surface area contributed by atoms with Crippen LogP contribution in [-0.2, 0) is 0 Å². The molecule has 0 aliphatic carbocycles. The van der Waals surface area contributed by atoms with E-state index in [1.54, 1.807) is 0 Å². The summed E-state index contributed by atoms with van der Waals surface area (Å²) in [6.07, 6.45) is 0. The predicted octanol–water partition coefficient (Wildman–Crippen LogP) is 5.38. The number of halogens is 3. The second-order valence-corrected chi connectivity index (χ2v) is 23.2. The topological polar surface area (TPSA) is 0 Å². The molecule has 0 fully saturated rings. The van der Waals surface area contributed by atoms with E-state index in [1.165, 1.54) is 31.8 Å². The summed E-state index contributed by atoms with van der Waals surface area (Å²) in [6, 6.07) is 66.7. The van der Waals surface area contributed by atoms with E-state index in [-0.39, 0.29) is 17.0 Å². The first-order valence-electron chi connectivity index (χ1n) is 13.6. The van der Waals surface area contributed by atoms with Gasteiger partial charge in [0.1, 0.15) is 31.8 Å². The molecule has 0 bridgehead atoms. The summed E-state index contributed by atoms with van der Waals surface area (Å²) in [7, 11) is -4.98. The van der Waals surface area contributed by atoms with Crippen molar-refractivity contribution in [2.75, 3.05) is 0 Å². The molecular formula is C37H30Br3P2+. The molecule has 0 N–H and O–H groups in total. The zero-order chi connectivity index (χ0) is 28.2. The van der Waals surface area contributed by atoms with Crippen molar-refractivity contribution >= 4 is 78.2 Å². The van der Waals surface area contributed by atoms with E-state index in [2.05, 4.69) is 214 Å². The van der Waals surface area contributed by atoms with Gasteiger partial charge in [-0.15, -0.1) is 0 Å². The largest absolute Gasteiger partial charge is 1.00 e. The van der Waals surface area contributed by atoms with Crippen LogP contribution in [0.1, 0.15) is 0 Å². The Morgan fingerprint density at radius 1 is 0.286 bits per heavy atom. The zero-order valence-electron chi connectivity index (χ0n) is 22.8. The van der Waals surface area contributed by atoms with Gasteiger partial charge in [0.15, 0.2) is 14.5 Å². The fourth-order valence-electron chi connectivity index (χ4n) is 5.96. The van der Waals surface area contributed by atoms with Crippen LogP contribution in [0.25, 0.3) is 0 Å². The van der Waals surface area contributed by atoms with Crippen molar-refractivity contribution in [3.63, 3.8) is 0 Å². The van der Waals surface area contributed by atoms with Gasteiger partial charge in [0.25, 0.3) is 0 Å². The lowest BCUT2D eigenvalue weighted by molar-refractivity contribution is -0.00000752. The minimum absolute atomic E-state index is 0. The van der Waals surface area contributed by atoms with E-state index in [9.17, 15) is 0 Å². The van der Waals surface area contributed by atoms with Crippen LogP contribution in [0.2, 0.25) is 0 Å². The van der Waals surface area contributed by atoms with Crippen molar-refractivity contribution in [2.45, 2.75) is 2.72 Å². The molecule has 0 unspecified atom stereocenters. The van der Waals surface area contributed by atoms with Crippen molar-refractivity contribution < 1.29 is 17.0 Å². The van der Waals surface area contributed by atoms with Gasteiger partial charge in [0.05, 0.1) is 0 Å². The van der Waals surface area contributed by atoms with Crippen molar-refractivity contribution in [2.24, 2.45) is 0 Å². The fourth-order valence-corrected chi connectivity index (χ4v) is 24.6. The molecule has 0 spiro atoms. The lowest BCUT2D eigenvalue weighted by atomic mass is 10.4. The molecule has 0 aliphatic rings. The molecule has 6 aromatic carbocycles. The first-order valence-corrected chi connectivity index (χ1v) is 18.8. The molecule has 0 atom stereocenters. The second kappa shape index (κ2) is 13.5. The maximum atomic E-state index is 4.67. The highest BCUT2D eigenvalue weighted by Gasteiger charge is 2.77. The third-order valence-corrected chi connectivity index (χ3v) is 23.9. The molecule has 0 radical (unpaired) electrons. The summed E-state index contributed by atoms with van der Waals surface area (Å²) in [5.74, 6) is 0. The van der Waals surface area contributed by atoms with Crippen LogP contribution in [-0.4, -0.2) is 2.72 Å². The maximum Gasteiger partial charge on any atom is 0.307 e. The summed E-state index contributed by atoms with van der Waals surface area (Å²) in [6.45, 7) is 0. The summed E-state index contributed by atoms with van der Waals surface area (Å²) in [5.41, 5.74) is 0. The molecule has 208 valence electrons. The van der Waals surface area contributed by atoms with Gasteiger partial charge in [-0.1, -0.05) is 109 Å². The summed E-state index contributed by atoms with van der Waals surface area (Å²) in [5, 5.41) is 7.91. The first-order chi connectivity index (χ1) is 20.1. The van der Waals surface area contributed by atoms with E-state index < -0.39 is 17.2 Å². The molecule has 0 heterocycles. The van der Waals surface area contributed by atoms with Gasteiger partial charge in [-0.05, 0) is 72.8 Å². The molecule has 0 aliphatic heterocycles. The van der Waals surface area contributed by atoms with Crippen LogP contribution in [0.5, 0.6) is 0 Å². The van der Waals surface area contributed by atoms with Crippen LogP contribution in [0.15, 0.2) is 182 Å². The molecule has 0 saturated carbocycles. The van der Waals surface area contributed by atoms with E-state index in [0.29, 0.717) is 0 Å². The highest BCUT2D eigenvalue weighted by molar-refractivity contribution is 9.30. The molecule has 5 heteroatoms. The molecule has 6 rings (SSSR count). The quantitative estimate of drug-likeness (QED) is 0.144. The maximum absolute atomic E-state index is 4.67. The molecule has 0 nitrogen and oxygen atoms in total. The van der Waals surface area contributed by atoms with E-state index in [4.69, 9.17) is 0 Å².